The molecule has 0 fully saturated rings. The smallest absolute Gasteiger partial charge is 0.262 e. The third-order valence-electron chi connectivity index (χ3n) is 4.47. The second-order valence-corrected chi connectivity index (χ2v) is 9.13. The Kier molecular flexibility index (Phi) is 7.50. The number of hydrogen-bond acceptors (Lipinski definition) is 5. The normalized spacial score (nSPS) is 11.0. The van der Waals surface area contributed by atoms with Gasteiger partial charge in [-0.15, -0.1) is 0 Å². The standard InChI is InChI=1S/C22H20Cl2N2O5S/c1-30-20-6-4-3-5-14(20)11-22(27)25-15-7-10-21(31-2)19(12-15)26-32(28,29)16-8-9-17(23)18(24)13-16/h3-10,12-13,26H,11H2,1-2H3,(H,25,27). The van der Waals surface area contributed by atoms with Crippen LogP contribution in [-0.4, -0.2) is 28.5 Å². The molecule has 0 saturated heterocycles. The first-order chi connectivity index (χ1) is 15.2. The highest BCUT2D eigenvalue weighted by Gasteiger charge is 2.19. The van der Waals surface area contributed by atoms with Gasteiger partial charge in [-0.3, -0.25) is 9.52 Å². The Hall–Kier alpha value is -2.94. The van der Waals surface area contributed by atoms with Crippen LogP contribution < -0.4 is 19.5 Å². The lowest BCUT2D eigenvalue weighted by Gasteiger charge is -2.14. The predicted octanol–water partition coefficient (Wildman–Crippen LogP) is 4.99. The van der Waals surface area contributed by atoms with Crippen molar-refractivity contribution in [3.05, 3.63) is 76.3 Å². The molecule has 168 valence electrons. The van der Waals surface area contributed by atoms with Gasteiger partial charge in [-0.2, -0.15) is 0 Å². The fraction of sp³-hybridized carbons (Fsp3) is 0.136. The molecule has 3 rings (SSSR count). The Bertz CT molecular complexity index is 1250. The fourth-order valence-corrected chi connectivity index (χ4v) is 4.39. The van der Waals surface area contributed by atoms with E-state index in [0.29, 0.717) is 11.4 Å². The first kappa shape index (κ1) is 23.7. The highest BCUT2D eigenvalue weighted by molar-refractivity contribution is 7.92. The van der Waals surface area contributed by atoms with E-state index in [4.69, 9.17) is 32.7 Å². The van der Waals surface area contributed by atoms with Gasteiger partial charge < -0.3 is 14.8 Å². The van der Waals surface area contributed by atoms with Crippen molar-refractivity contribution in [2.75, 3.05) is 24.3 Å². The van der Waals surface area contributed by atoms with Crippen molar-refractivity contribution in [1.29, 1.82) is 0 Å². The molecule has 0 unspecified atom stereocenters. The lowest BCUT2D eigenvalue weighted by Crippen LogP contribution is -2.16. The van der Waals surface area contributed by atoms with E-state index in [1.54, 1.807) is 24.3 Å². The van der Waals surface area contributed by atoms with E-state index in [-0.39, 0.29) is 38.7 Å². The third kappa shape index (κ3) is 5.64. The molecule has 0 aliphatic heterocycles. The average Bonchev–Trinajstić information content (AvgIpc) is 2.76. The molecule has 32 heavy (non-hydrogen) atoms. The molecule has 0 spiro atoms. The molecular formula is C22H20Cl2N2O5S. The molecule has 0 saturated carbocycles. The summed E-state index contributed by atoms with van der Waals surface area (Å²) in [6.07, 6.45) is 0.0837. The van der Waals surface area contributed by atoms with E-state index < -0.39 is 10.0 Å². The molecule has 3 aromatic carbocycles. The molecule has 0 aliphatic carbocycles. The molecule has 0 aromatic heterocycles. The molecule has 0 aliphatic rings. The summed E-state index contributed by atoms with van der Waals surface area (Å²) >= 11 is 11.8. The van der Waals surface area contributed by atoms with Crippen molar-refractivity contribution >= 4 is 50.5 Å². The summed E-state index contributed by atoms with van der Waals surface area (Å²) < 4.78 is 38.6. The lowest BCUT2D eigenvalue weighted by atomic mass is 10.1. The largest absolute Gasteiger partial charge is 0.496 e. The zero-order chi connectivity index (χ0) is 23.3. The summed E-state index contributed by atoms with van der Waals surface area (Å²) in [4.78, 5) is 12.5. The number of methoxy groups -OCH3 is 2. The molecule has 7 nitrogen and oxygen atoms in total. The first-order valence-electron chi connectivity index (χ1n) is 9.31. The van der Waals surface area contributed by atoms with Gasteiger partial charge in [0, 0.05) is 11.3 Å². The Morgan fingerprint density at radius 2 is 1.62 bits per heavy atom. The summed E-state index contributed by atoms with van der Waals surface area (Å²) in [5.41, 5.74) is 1.26. The van der Waals surface area contributed by atoms with Crippen LogP contribution in [0.15, 0.2) is 65.6 Å². The number of hydrogen-bond donors (Lipinski definition) is 2. The van der Waals surface area contributed by atoms with Gasteiger partial charge in [0.1, 0.15) is 11.5 Å². The van der Waals surface area contributed by atoms with Crippen LogP contribution in [0.4, 0.5) is 11.4 Å². The van der Waals surface area contributed by atoms with Crippen molar-refractivity contribution in [1.82, 2.24) is 0 Å². The van der Waals surface area contributed by atoms with E-state index in [9.17, 15) is 13.2 Å². The van der Waals surface area contributed by atoms with Crippen molar-refractivity contribution in [3.63, 3.8) is 0 Å². The van der Waals surface area contributed by atoms with Gasteiger partial charge in [0.15, 0.2) is 0 Å². The minimum absolute atomic E-state index is 0.0698. The molecule has 0 heterocycles. The average molecular weight is 495 g/mol. The minimum atomic E-state index is -3.99. The van der Waals surface area contributed by atoms with Gasteiger partial charge >= 0.3 is 0 Å². The van der Waals surface area contributed by atoms with Crippen molar-refractivity contribution in [3.8, 4) is 11.5 Å². The van der Waals surface area contributed by atoms with Gasteiger partial charge in [-0.1, -0.05) is 41.4 Å². The van der Waals surface area contributed by atoms with Crippen LogP contribution in [0, 0.1) is 0 Å². The second kappa shape index (κ2) is 10.1. The second-order valence-electron chi connectivity index (χ2n) is 6.63. The zero-order valence-corrected chi connectivity index (χ0v) is 19.5. The van der Waals surface area contributed by atoms with E-state index in [0.717, 1.165) is 5.56 Å². The number of benzene rings is 3. The number of ether oxygens (including phenoxy) is 2. The summed E-state index contributed by atoms with van der Waals surface area (Å²) in [5.74, 6) is 0.585. The summed E-state index contributed by atoms with van der Waals surface area (Å²) in [5, 5.41) is 3.10. The maximum atomic E-state index is 12.8. The monoisotopic (exact) mass is 494 g/mol. The van der Waals surface area contributed by atoms with E-state index >= 15 is 0 Å². The first-order valence-corrected chi connectivity index (χ1v) is 11.5. The number of sulfonamides is 1. The Morgan fingerprint density at radius 1 is 0.906 bits per heavy atom. The number of carbonyl (C=O) groups excluding carboxylic acids is 1. The molecular weight excluding hydrogens is 475 g/mol. The van der Waals surface area contributed by atoms with Crippen LogP contribution in [0.5, 0.6) is 11.5 Å². The lowest BCUT2D eigenvalue weighted by molar-refractivity contribution is -0.115. The zero-order valence-electron chi connectivity index (χ0n) is 17.2. The number of para-hydroxylation sites is 1. The molecule has 3 aromatic rings. The quantitative estimate of drug-likeness (QED) is 0.459. The number of rotatable bonds is 8. The predicted molar refractivity (Wildman–Crippen MR) is 126 cm³/mol. The van der Waals surface area contributed by atoms with Crippen LogP contribution in [-0.2, 0) is 21.2 Å². The van der Waals surface area contributed by atoms with Crippen LogP contribution in [0.3, 0.4) is 0 Å². The fourth-order valence-electron chi connectivity index (χ4n) is 2.94. The Balaban J connectivity index is 1.82. The molecule has 0 radical (unpaired) electrons. The van der Waals surface area contributed by atoms with Gasteiger partial charge in [-0.25, -0.2) is 8.42 Å². The maximum Gasteiger partial charge on any atom is 0.262 e. The summed E-state index contributed by atoms with van der Waals surface area (Å²) in [6.45, 7) is 0. The van der Waals surface area contributed by atoms with Crippen LogP contribution in [0.1, 0.15) is 5.56 Å². The van der Waals surface area contributed by atoms with Gasteiger partial charge in [0.2, 0.25) is 5.91 Å². The number of amides is 1. The van der Waals surface area contributed by atoms with Gasteiger partial charge in [0.05, 0.1) is 41.3 Å². The van der Waals surface area contributed by atoms with Crippen molar-refractivity contribution < 1.29 is 22.7 Å². The van der Waals surface area contributed by atoms with Crippen molar-refractivity contribution in [2.45, 2.75) is 11.3 Å². The van der Waals surface area contributed by atoms with E-state index in [2.05, 4.69) is 10.0 Å². The van der Waals surface area contributed by atoms with Crippen LogP contribution in [0.2, 0.25) is 10.0 Å². The van der Waals surface area contributed by atoms with Crippen molar-refractivity contribution in [2.24, 2.45) is 0 Å². The van der Waals surface area contributed by atoms with Gasteiger partial charge in [-0.05, 0) is 42.5 Å². The Morgan fingerprint density at radius 3 is 2.31 bits per heavy atom. The van der Waals surface area contributed by atoms with Crippen LogP contribution in [0.25, 0.3) is 0 Å². The van der Waals surface area contributed by atoms with E-state index in [1.807, 2.05) is 12.1 Å². The third-order valence-corrected chi connectivity index (χ3v) is 6.57. The number of nitrogens with one attached hydrogen (secondary N) is 2. The van der Waals surface area contributed by atoms with Crippen LogP contribution >= 0.6 is 23.2 Å². The topological polar surface area (TPSA) is 93.7 Å². The SMILES string of the molecule is COc1ccccc1CC(=O)Nc1ccc(OC)c(NS(=O)(=O)c2ccc(Cl)c(Cl)c2)c1. The maximum absolute atomic E-state index is 12.8. The summed E-state index contributed by atoms with van der Waals surface area (Å²) in [7, 11) is -1.05. The van der Waals surface area contributed by atoms with Gasteiger partial charge in [0.25, 0.3) is 10.0 Å². The number of carbonyl (C=O) groups is 1. The Labute approximate surface area is 196 Å². The molecule has 2 N–H and O–H groups in total. The highest BCUT2D eigenvalue weighted by atomic mass is 35.5. The number of anilines is 2. The minimum Gasteiger partial charge on any atom is -0.496 e. The molecule has 0 bridgehead atoms. The highest BCUT2D eigenvalue weighted by Crippen LogP contribution is 2.31. The number of halogens is 2. The van der Waals surface area contributed by atoms with E-state index in [1.165, 1.54) is 38.5 Å². The molecule has 1 amide bonds. The molecule has 0 atom stereocenters. The summed E-state index contributed by atoms with van der Waals surface area (Å²) in [6, 6.07) is 15.8. The molecule has 10 heteroatoms.